The molecule has 52 heavy (non-hydrogen) atoms. The SMILES string of the molecule is CC(C)Cc1cc(-c2[c-]cccc2)ncc1[Si](C)(C)C.Cc1cnc(-c2[c-]ccc3c2sc2c(-c4ccccc4)cccc23)cc1CC(C)(C)C.[Ir]. The Hall–Kier alpha value is -3.73. The molecule has 3 aromatic heterocycles. The summed E-state index contributed by atoms with van der Waals surface area (Å²) in [6, 6.07) is 40.9. The Labute approximate surface area is 330 Å². The fourth-order valence-corrected chi connectivity index (χ4v) is 9.67. The maximum Gasteiger partial charge on any atom is 0.0798 e. The van der Waals surface area contributed by atoms with Crippen molar-refractivity contribution in [3.8, 4) is 33.6 Å². The summed E-state index contributed by atoms with van der Waals surface area (Å²) in [6.07, 6.45) is 6.29. The van der Waals surface area contributed by atoms with Crippen LogP contribution in [0.5, 0.6) is 0 Å². The summed E-state index contributed by atoms with van der Waals surface area (Å²) in [6.45, 7) is 20.8. The Morgan fingerprint density at radius 3 is 2.10 bits per heavy atom. The number of hydrogen-bond donors (Lipinski definition) is 0. The summed E-state index contributed by atoms with van der Waals surface area (Å²) >= 11 is 1.86. The van der Waals surface area contributed by atoms with Gasteiger partial charge in [-0.3, -0.25) is 0 Å². The predicted octanol–water partition coefficient (Wildman–Crippen LogP) is 12.8. The van der Waals surface area contributed by atoms with Crippen molar-refractivity contribution in [3.05, 3.63) is 138 Å². The number of aryl methyl sites for hydroxylation is 1. The van der Waals surface area contributed by atoms with Crippen LogP contribution in [0.15, 0.2) is 109 Å². The summed E-state index contributed by atoms with van der Waals surface area (Å²) in [5, 5.41) is 4.08. The Kier molecular flexibility index (Phi) is 12.5. The quantitative estimate of drug-likeness (QED) is 0.118. The second kappa shape index (κ2) is 16.5. The van der Waals surface area contributed by atoms with Crippen molar-refractivity contribution in [1.29, 1.82) is 0 Å². The van der Waals surface area contributed by atoms with Crippen molar-refractivity contribution < 1.29 is 20.1 Å². The number of fused-ring (bicyclic) bond motifs is 3. The number of rotatable bonds is 7. The fourth-order valence-electron chi connectivity index (χ4n) is 6.74. The molecule has 0 saturated heterocycles. The second-order valence-electron chi connectivity index (χ2n) is 16.3. The van der Waals surface area contributed by atoms with Crippen LogP contribution in [0.3, 0.4) is 0 Å². The molecule has 1 radical (unpaired) electrons. The van der Waals surface area contributed by atoms with E-state index in [0.717, 1.165) is 35.4 Å². The maximum absolute atomic E-state index is 4.82. The normalized spacial score (nSPS) is 11.7. The number of pyridine rings is 2. The first-order valence-electron chi connectivity index (χ1n) is 18.1. The zero-order valence-electron chi connectivity index (χ0n) is 32.0. The first kappa shape index (κ1) is 39.5. The molecule has 0 saturated carbocycles. The van der Waals surface area contributed by atoms with Gasteiger partial charge in [-0.1, -0.05) is 131 Å². The summed E-state index contributed by atoms with van der Waals surface area (Å²) in [5.74, 6) is 0.667. The average Bonchev–Trinajstić information content (AvgIpc) is 3.48. The first-order valence-corrected chi connectivity index (χ1v) is 22.4. The van der Waals surface area contributed by atoms with E-state index in [-0.39, 0.29) is 25.5 Å². The largest absolute Gasteiger partial charge is 0.305 e. The molecule has 3 heterocycles. The van der Waals surface area contributed by atoms with E-state index < -0.39 is 8.07 Å². The Balaban J connectivity index is 0.000000217. The zero-order valence-corrected chi connectivity index (χ0v) is 36.2. The van der Waals surface area contributed by atoms with E-state index in [2.05, 4.69) is 157 Å². The number of nitrogens with zero attached hydrogens (tertiary/aromatic N) is 2. The topological polar surface area (TPSA) is 25.8 Å². The van der Waals surface area contributed by atoms with Crippen LogP contribution in [0, 0.1) is 30.4 Å². The van der Waals surface area contributed by atoms with Gasteiger partial charge >= 0.3 is 0 Å². The van der Waals surface area contributed by atoms with Crippen molar-refractivity contribution in [1.82, 2.24) is 9.97 Å². The minimum absolute atomic E-state index is 0. The van der Waals surface area contributed by atoms with E-state index in [1.54, 1.807) is 0 Å². The first-order chi connectivity index (χ1) is 24.3. The molecule has 2 nitrogen and oxygen atoms in total. The molecule has 0 bridgehead atoms. The smallest absolute Gasteiger partial charge is 0.0798 e. The summed E-state index contributed by atoms with van der Waals surface area (Å²) < 4.78 is 2.59. The van der Waals surface area contributed by atoms with Crippen molar-refractivity contribution in [3.63, 3.8) is 0 Å². The summed E-state index contributed by atoms with van der Waals surface area (Å²) in [5.41, 5.74) is 11.1. The van der Waals surface area contributed by atoms with Crippen molar-refractivity contribution in [2.45, 2.75) is 74.0 Å². The van der Waals surface area contributed by atoms with Gasteiger partial charge in [-0.15, -0.1) is 59.7 Å². The van der Waals surface area contributed by atoms with Gasteiger partial charge in [0.05, 0.1) is 8.07 Å². The maximum atomic E-state index is 4.82. The van der Waals surface area contributed by atoms with Crippen molar-refractivity contribution in [2.75, 3.05) is 0 Å². The van der Waals surface area contributed by atoms with E-state index in [0.29, 0.717) is 5.92 Å². The minimum atomic E-state index is -1.34. The van der Waals surface area contributed by atoms with Crippen LogP contribution in [0.2, 0.25) is 19.6 Å². The monoisotopic (exact) mass is 895 g/mol. The van der Waals surface area contributed by atoms with E-state index in [4.69, 9.17) is 4.98 Å². The van der Waals surface area contributed by atoms with Crippen molar-refractivity contribution in [2.24, 2.45) is 11.3 Å². The van der Waals surface area contributed by atoms with E-state index in [1.165, 1.54) is 53.2 Å². The molecule has 0 spiro atoms. The summed E-state index contributed by atoms with van der Waals surface area (Å²) in [4.78, 5) is 9.50. The standard InChI is InChI=1S/C29H26NS.C18H24NSi.Ir/c1-19-18-30-26(16-21(19)17-29(2,3)4)25-15-9-14-24-23-13-8-12-22(27(23)31-28(24)25)20-10-6-5-7-11-20;1-14(2)11-16-12-17(15-9-7-6-8-10-15)19-13-18(16)20(3,4)5;/h5-14,16,18H,17H2,1-4H3;6-9,12-14H,11H2,1-5H3;/q2*-1;. The van der Waals surface area contributed by atoms with Crippen LogP contribution in [-0.2, 0) is 32.9 Å². The van der Waals surface area contributed by atoms with Gasteiger partial charge in [0.25, 0.3) is 0 Å². The van der Waals surface area contributed by atoms with Gasteiger partial charge in [0.1, 0.15) is 0 Å². The third kappa shape index (κ3) is 9.24. The molecule has 4 aromatic carbocycles. The third-order valence-corrected chi connectivity index (χ3v) is 12.5. The van der Waals surface area contributed by atoms with Crippen LogP contribution < -0.4 is 5.19 Å². The summed E-state index contributed by atoms with van der Waals surface area (Å²) in [7, 11) is -1.34. The molecule has 0 aliphatic heterocycles. The second-order valence-corrected chi connectivity index (χ2v) is 22.4. The molecule has 0 atom stereocenters. The van der Waals surface area contributed by atoms with Crippen LogP contribution in [-0.4, -0.2) is 18.0 Å². The van der Waals surface area contributed by atoms with Crippen molar-refractivity contribution >= 4 is 44.8 Å². The Morgan fingerprint density at radius 2 is 1.42 bits per heavy atom. The van der Waals surface area contributed by atoms with Crippen LogP contribution >= 0.6 is 11.3 Å². The molecule has 0 unspecified atom stereocenters. The number of aromatic nitrogens is 2. The van der Waals surface area contributed by atoms with Gasteiger partial charge in [-0.25, -0.2) is 0 Å². The molecular formula is C47H50IrN2SSi-2. The fraction of sp³-hybridized carbons (Fsp3) is 0.277. The van der Waals surface area contributed by atoms with Gasteiger partial charge in [0, 0.05) is 37.2 Å². The minimum Gasteiger partial charge on any atom is -0.305 e. The predicted molar refractivity (Wildman–Crippen MR) is 225 cm³/mol. The third-order valence-electron chi connectivity index (χ3n) is 9.15. The van der Waals surface area contributed by atoms with Gasteiger partial charge in [0.15, 0.2) is 0 Å². The van der Waals surface area contributed by atoms with E-state index in [9.17, 15) is 0 Å². The van der Waals surface area contributed by atoms with E-state index >= 15 is 0 Å². The molecular weight excluding hydrogens is 845 g/mol. The number of thiophene rings is 1. The van der Waals surface area contributed by atoms with Gasteiger partial charge in [-0.2, -0.15) is 11.3 Å². The van der Waals surface area contributed by atoms with Crippen LogP contribution in [0.1, 0.15) is 51.3 Å². The molecule has 0 amide bonds. The number of hydrogen-bond acceptors (Lipinski definition) is 3. The van der Waals surface area contributed by atoms with Gasteiger partial charge in [0.2, 0.25) is 0 Å². The molecule has 0 N–H and O–H groups in total. The van der Waals surface area contributed by atoms with Crippen LogP contribution in [0.4, 0.5) is 0 Å². The molecule has 7 aromatic rings. The molecule has 269 valence electrons. The molecule has 0 fully saturated rings. The van der Waals surface area contributed by atoms with E-state index in [1.807, 2.05) is 41.8 Å². The molecule has 5 heteroatoms. The zero-order chi connectivity index (χ0) is 36.3. The molecule has 7 rings (SSSR count). The average molecular weight is 895 g/mol. The molecule has 0 aliphatic rings. The van der Waals surface area contributed by atoms with Gasteiger partial charge < -0.3 is 9.97 Å². The Morgan fingerprint density at radius 1 is 0.731 bits per heavy atom. The van der Waals surface area contributed by atoms with Gasteiger partial charge in [-0.05, 0) is 74.4 Å². The Bertz CT molecular complexity index is 2260. The van der Waals surface area contributed by atoms with Crippen LogP contribution in [0.25, 0.3) is 53.8 Å². The molecule has 0 aliphatic carbocycles. The number of benzene rings is 4.